The van der Waals surface area contributed by atoms with Crippen molar-refractivity contribution in [3.8, 4) is 11.3 Å². The molecular formula is C17H22N4O. The minimum atomic E-state index is -0.0615. The minimum absolute atomic E-state index is 0.0615. The van der Waals surface area contributed by atoms with E-state index in [-0.39, 0.29) is 5.91 Å². The second-order valence-electron chi connectivity index (χ2n) is 6.00. The second-order valence-corrected chi connectivity index (χ2v) is 6.00. The molecule has 5 heteroatoms. The van der Waals surface area contributed by atoms with E-state index in [0.717, 1.165) is 36.5 Å². The first-order valence-electron chi connectivity index (χ1n) is 7.75. The maximum Gasteiger partial charge on any atom is 0.221 e. The predicted molar refractivity (Wildman–Crippen MR) is 87.8 cm³/mol. The molecule has 0 saturated carbocycles. The standard InChI is InChI=1S/C17H22N4O/c1-11(2)21-16-7-8-18-10-15(16)17(20-21)13-5-4-6-14(9-13)19-12(3)22/h4-6,9,11,18H,7-8,10H2,1-3H3,(H,19,22). The molecule has 0 bridgehead atoms. The summed E-state index contributed by atoms with van der Waals surface area (Å²) in [5.74, 6) is -0.0615. The Kier molecular flexibility index (Phi) is 3.98. The number of nitrogens with zero attached hydrogens (tertiary/aromatic N) is 2. The number of carbonyl (C=O) groups is 1. The third-order valence-corrected chi connectivity index (χ3v) is 3.90. The van der Waals surface area contributed by atoms with Crippen molar-refractivity contribution < 1.29 is 4.79 Å². The van der Waals surface area contributed by atoms with Gasteiger partial charge in [0.2, 0.25) is 5.91 Å². The van der Waals surface area contributed by atoms with Crippen LogP contribution in [0.25, 0.3) is 11.3 Å². The van der Waals surface area contributed by atoms with Gasteiger partial charge in [-0.3, -0.25) is 9.48 Å². The zero-order valence-corrected chi connectivity index (χ0v) is 13.3. The maximum atomic E-state index is 11.2. The number of rotatable bonds is 3. The van der Waals surface area contributed by atoms with Gasteiger partial charge in [0.05, 0.1) is 5.69 Å². The van der Waals surface area contributed by atoms with Gasteiger partial charge in [-0.25, -0.2) is 0 Å². The third-order valence-electron chi connectivity index (χ3n) is 3.90. The van der Waals surface area contributed by atoms with E-state index in [2.05, 4.69) is 29.2 Å². The van der Waals surface area contributed by atoms with Crippen molar-refractivity contribution in [3.05, 3.63) is 35.5 Å². The average molecular weight is 298 g/mol. The van der Waals surface area contributed by atoms with Crippen molar-refractivity contribution in [2.24, 2.45) is 0 Å². The van der Waals surface area contributed by atoms with Gasteiger partial charge in [-0.1, -0.05) is 12.1 Å². The highest BCUT2D eigenvalue weighted by Crippen LogP contribution is 2.30. The fourth-order valence-corrected chi connectivity index (χ4v) is 2.98. The van der Waals surface area contributed by atoms with Gasteiger partial charge >= 0.3 is 0 Å². The summed E-state index contributed by atoms with van der Waals surface area (Å²) in [6, 6.07) is 8.24. The van der Waals surface area contributed by atoms with E-state index in [9.17, 15) is 4.79 Å². The summed E-state index contributed by atoms with van der Waals surface area (Å²) in [4.78, 5) is 11.2. The largest absolute Gasteiger partial charge is 0.326 e. The van der Waals surface area contributed by atoms with Gasteiger partial charge in [-0.2, -0.15) is 5.10 Å². The molecule has 0 aliphatic carbocycles. The molecule has 5 nitrogen and oxygen atoms in total. The van der Waals surface area contributed by atoms with Gasteiger partial charge < -0.3 is 10.6 Å². The molecule has 1 amide bonds. The summed E-state index contributed by atoms with van der Waals surface area (Å²) in [7, 11) is 0. The van der Waals surface area contributed by atoms with Crippen molar-refractivity contribution >= 4 is 11.6 Å². The molecule has 0 saturated heterocycles. The van der Waals surface area contributed by atoms with Crippen molar-refractivity contribution in [2.45, 2.75) is 39.8 Å². The number of anilines is 1. The van der Waals surface area contributed by atoms with Crippen LogP contribution in [0, 0.1) is 0 Å². The Morgan fingerprint density at radius 2 is 2.23 bits per heavy atom. The van der Waals surface area contributed by atoms with Crippen LogP contribution >= 0.6 is 0 Å². The predicted octanol–water partition coefficient (Wildman–Crippen LogP) is 2.74. The lowest BCUT2D eigenvalue weighted by Gasteiger charge is -2.17. The molecule has 0 atom stereocenters. The van der Waals surface area contributed by atoms with E-state index in [1.54, 1.807) is 0 Å². The van der Waals surface area contributed by atoms with Crippen molar-refractivity contribution in [3.63, 3.8) is 0 Å². The van der Waals surface area contributed by atoms with Gasteiger partial charge in [0, 0.05) is 55.0 Å². The third kappa shape index (κ3) is 2.76. The summed E-state index contributed by atoms with van der Waals surface area (Å²) in [5.41, 5.74) is 5.48. The van der Waals surface area contributed by atoms with Crippen molar-refractivity contribution in [1.82, 2.24) is 15.1 Å². The number of fused-ring (bicyclic) bond motifs is 1. The van der Waals surface area contributed by atoms with E-state index in [4.69, 9.17) is 5.10 Å². The number of nitrogens with one attached hydrogen (secondary N) is 2. The van der Waals surface area contributed by atoms with Crippen LogP contribution in [-0.2, 0) is 17.8 Å². The Balaban J connectivity index is 2.06. The van der Waals surface area contributed by atoms with Crippen LogP contribution in [0.1, 0.15) is 38.1 Å². The molecule has 1 aromatic heterocycles. The summed E-state index contributed by atoms with van der Waals surface area (Å²) >= 11 is 0. The second kappa shape index (κ2) is 5.93. The molecule has 0 unspecified atom stereocenters. The van der Waals surface area contributed by atoms with Crippen LogP contribution < -0.4 is 10.6 Å². The summed E-state index contributed by atoms with van der Waals surface area (Å²) in [6.07, 6.45) is 1.01. The Morgan fingerprint density at radius 3 is 2.95 bits per heavy atom. The molecule has 0 radical (unpaired) electrons. The number of benzene rings is 1. The van der Waals surface area contributed by atoms with Crippen LogP contribution in [0.2, 0.25) is 0 Å². The molecule has 1 aliphatic heterocycles. The van der Waals surface area contributed by atoms with Crippen LogP contribution in [-0.4, -0.2) is 22.2 Å². The number of amides is 1. The monoisotopic (exact) mass is 298 g/mol. The number of hydrogen-bond acceptors (Lipinski definition) is 3. The summed E-state index contributed by atoms with van der Waals surface area (Å²) in [6.45, 7) is 7.68. The number of aromatic nitrogens is 2. The zero-order valence-electron chi connectivity index (χ0n) is 13.3. The highest BCUT2D eigenvalue weighted by atomic mass is 16.1. The topological polar surface area (TPSA) is 59.0 Å². The zero-order chi connectivity index (χ0) is 15.7. The molecule has 1 aliphatic rings. The van der Waals surface area contributed by atoms with Crippen molar-refractivity contribution in [1.29, 1.82) is 0 Å². The molecule has 0 spiro atoms. The first-order chi connectivity index (χ1) is 10.6. The lowest BCUT2D eigenvalue weighted by atomic mass is 10.0. The van der Waals surface area contributed by atoms with Gasteiger partial charge in [0.25, 0.3) is 0 Å². The van der Waals surface area contributed by atoms with Crippen LogP contribution in [0.4, 0.5) is 5.69 Å². The van der Waals surface area contributed by atoms with Crippen LogP contribution in [0.5, 0.6) is 0 Å². The first-order valence-corrected chi connectivity index (χ1v) is 7.75. The molecule has 2 heterocycles. The maximum absolute atomic E-state index is 11.2. The van der Waals surface area contributed by atoms with E-state index in [1.165, 1.54) is 18.2 Å². The average Bonchev–Trinajstić information content (AvgIpc) is 2.86. The Morgan fingerprint density at radius 1 is 1.41 bits per heavy atom. The van der Waals surface area contributed by atoms with E-state index in [1.807, 2.05) is 24.3 Å². The molecule has 1 aromatic carbocycles. The van der Waals surface area contributed by atoms with Crippen molar-refractivity contribution in [2.75, 3.05) is 11.9 Å². The quantitative estimate of drug-likeness (QED) is 0.916. The van der Waals surface area contributed by atoms with E-state index >= 15 is 0 Å². The lowest BCUT2D eigenvalue weighted by Crippen LogP contribution is -2.25. The van der Waals surface area contributed by atoms with Gasteiger partial charge in [0.1, 0.15) is 0 Å². The number of hydrogen-bond donors (Lipinski definition) is 2. The molecule has 2 aromatic rings. The van der Waals surface area contributed by atoms with Crippen LogP contribution in [0.3, 0.4) is 0 Å². The summed E-state index contributed by atoms with van der Waals surface area (Å²) in [5, 5.41) is 11.1. The van der Waals surface area contributed by atoms with E-state index < -0.39 is 0 Å². The highest BCUT2D eigenvalue weighted by Gasteiger charge is 2.22. The molecule has 3 rings (SSSR count). The Bertz CT molecular complexity index is 703. The highest BCUT2D eigenvalue weighted by molar-refractivity contribution is 5.89. The molecular weight excluding hydrogens is 276 g/mol. The molecule has 22 heavy (non-hydrogen) atoms. The fourth-order valence-electron chi connectivity index (χ4n) is 2.98. The minimum Gasteiger partial charge on any atom is -0.326 e. The van der Waals surface area contributed by atoms with Gasteiger partial charge in [0.15, 0.2) is 0 Å². The normalized spacial score (nSPS) is 14.0. The smallest absolute Gasteiger partial charge is 0.221 e. The first kappa shape index (κ1) is 14.8. The Hall–Kier alpha value is -2.14. The van der Waals surface area contributed by atoms with Gasteiger partial charge in [-0.15, -0.1) is 0 Å². The molecule has 116 valence electrons. The lowest BCUT2D eigenvalue weighted by molar-refractivity contribution is -0.114. The summed E-state index contributed by atoms with van der Waals surface area (Å²) < 4.78 is 2.14. The molecule has 2 N–H and O–H groups in total. The Labute approximate surface area is 130 Å². The van der Waals surface area contributed by atoms with Crippen LogP contribution in [0.15, 0.2) is 24.3 Å². The molecule has 0 fully saturated rings. The van der Waals surface area contributed by atoms with E-state index in [0.29, 0.717) is 6.04 Å². The SMILES string of the molecule is CC(=O)Nc1cccc(-c2nn(C(C)C)c3c2CNCC3)c1. The van der Waals surface area contributed by atoms with Gasteiger partial charge in [-0.05, 0) is 26.0 Å². The fraction of sp³-hybridized carbons (Fsp3) is 0.412. The number of carbonyl (C=O) groups excluding carboxylic acids is 1.